The SMILES string of the molecule is CN(CC(=O)c1ccc(Cl)c(Cl)c1)CC1CCCC1. The van der Waals surface area contributed by atoms with Gasteiger partial charge in [0.05, 0.1) is 16.6 Å². The van der Waals surface area contributed by atoms with Crippen molar-refractivity contribution in [1.82, 2.24) is 4.90 Å². The number of carbonyl (C=O) groups excluding carboxylic acids is 1. The molecule has 0 aromatic heterocycles. The van der Waals surface area contributed by atoms with Crippen LogP contribution in [0.3, 0.4) is 0 Å². The van der Waals surface area contributed by atoms with Crippen LogP contribution in [0.5, 0.6) is 0 Å². The first-order valence-electron chi connectivity index (χ1n) is 6.73. The normalized spacial score (nSPS) is 16.2. The highest BCUT2D eigenvalue weighted by molar-refractivity contribution is 6.42. The van der Waals surface area contributed by atoms with Crippen LogP contribution in [-0.4, -0.2) is 30.8 Å². The molecule has 0 aliphatic heterocycles. The molecule has 0 saturated heterocycles. The summed E-state index contributed by atoms with van der Waals surface area (Å²) in [6, 6.07) is 5.06. The number of rotatable bonds is 5. The first kappa shape index (κ1) is 14.8. The van der Waals surface area contributed by atoms with Crippen LogP contribution in [0.15, 0.2) is 18.2 Å². The third kappa shape index (κ3) is 4.20. The number of Topliss-reactive ketones (excluding diaryl/α,β-unsaturated/α-hetero) is 1. The Balaban J connectivity index is 1.90. The molecule has 0 amide bonds. The molecule has 104 valence electrons. The van der Waals surface area contributed by atoms with Gasteiger partial charge in [-0.15, -0.1) is 0 Å². The molecular formula is C15H19Cl2NO. The van der Waals surface area contributed by atoms with Crippen LogP contribution in [-0.2, 0) is 0 Å². The third-order valence-corrected chi connectivity index (χ3v) is 4.44. The van der Waals surface area contributed by atoms with E-state index in [0.717, 1.165) is 12.5 Å². The van der Waals surface area contributed by atoms with Gasteiger partial charge in [-0.2, -0.15) is 0 Å². The highest BCUT2D eigenvalue weighted by Gasteiger charge is 2.18. The second-order valence-corrected chi connectivity index (χ2v) is 6.21. The summed E-state index contributed by atoms with van der Waals surface area (Å²) in [6.45, 7) is 1.45. The molecule has 1 aliphatic carbocycles. The van der Waals surface area contributed by atoms with Gasteiger partial charge >= 0.3 is 0 Å². The van der Waals surface area contributed by atoms with Gasteiger partial charge in [0.2, 0.25) is 0 Å². The van der Waals surface area contributed by atoms with E-state index >= 15 is 0 Å². The van der Waals surface area contributed by atoms with E-state index in [2.05, 4.69) is 4.90 Å². The van der Waals surface area contributed by atoms with Crippen molar-refractivity contribution in [2.24, 2.45) is 5.92 Å². The zero-order chi connectivity index (χ0) is 13.8. The Morgan fingerprint density at radius 3 is 2.58 bits per heavy atom. The lowest BCUT2D eigenvalue weighted by Crippen LogP contribution is -2.30. The number of ketones is 1. The van der Waals surface area contributed by atoms with Crippen molar-refractivity contribution in [3.05, 3.63) is 33.8 Å². The molecule has 2 rings (SSSR count). The fourth-order valence-electron chi connectivity index (χ4n) is 2.70. The zero-order valence-corrected chi connectivity index (χ0v) is 12.7. The summed E-state index contributed by atoms with van der Waals surface area (Å²) < 4.78 is 0. The Morgan fingerprint density at radius 1 is 1.26 bits per heavy atom. The highest BCUT2D eigenvalue weighted by atomic mass is 35.5. The summed E-state index contributed by atoms with van der Waals surface area (Å²) in [4.78, 5) is 14.3. The monoisotopic (exact) mass is 299 g/mol. The van der Waals surface area contributed by atoms with Crippen LogP contribution in [0, 0.1) is 5.92 Å². The molecule has 1 aromatic rings. The fraction of sp³-hybridized carbons (Fsp3) is 0.533. The average Bonchev–Trinajstić information content (AvgIpc) is 2.85. The van der Waals surface area contributed by atoms with Crippen molar-refractivity contribution in [1.29, 1.82) is 0 Å². The van der Waals surface area contributed by atoms with Gasteiger partial charge in [0.1, 0.15) is 0 Å². The van der Waals surface area contributed by atoms with E-state index in [4.69, 9.17) is 23.2 Å². The zero-order valence-electron chi connectivity index (χ0n) is 11.2. The molecule has 2 nitrogen and oxygen atoms in total. The second-order valence-electron chi connectivity index (χ2n) is 5.40. The van der Waals surface area contributed by atoms with Crippen molar-refractivity contribution in [3.8, 4) is 0 Å². The van der Waals surface area contributed by atoms with Crippen molar-refractivity contribution in [2.75, 3.05) is 20.1 Å². The number of likely N-dealkylation sites (N-methyl/N-ethyl adjacent to an activating group) is 1. The van der Waals surface area contributed by atoms with Gasteiger partial charge in [-0.3, -0.25) is 9.69 Å². The lowest BCUT2D eigenvalue weighted by atomic mass is 10.1. The number of hydrogen-bond acceptors (Lipinski definition) is 2. The van der Waals surface area contributed by atoms with Gasteiger partial charge in [-0.1, -0.05) is 36.0 Å². The minimum atomic E-state index is 0.0964. The van der Waals surface area contributed by atoms with Gasteiger partial charge < -0.3 is 0 Å². The molecule has 4 heteroatoms. The summed E-state index contributed by atoms with van der Waals surface area (Å²) in [5.74, 6) is 0.852. The average molecular weight is 300 g/mol. The molecule has 0 bridgehead atoms. The van der Waals surface area contributed by atoms with Gasteiger partial charge in [-0.05, 0) is 44.0 Å². The van der Waals surface area contributed by atoms with Crippen LogP contribution in [0.1, 0.15) is 36.0 Å². The molecular weight excluding hydrogens is 281 g/mol. The first-order chi connectivity index (χ1) is 9.06. The van der Waals surface area contributed by atoms with E-state index in [0.29, 0.717) is 22.2 Å². The lowest BCUT2D eigenvalue weighted by molar-refractivity contribution is 0.0938. The van der Waals surface area contributed by atoms with Crippen LogP contribution in [0.2, 0.25) is 10.0 Å². The van der Waals surface area contributed by atoms with Crippen LogP contribution < -0.4 is 0 Å². The molecule has 0 atom stereocenters. The number of benzene rings is 1. The number of carbonyl (C=O) groups is 1. The van der Waals surface area contributed by atoms with Crippen molar-refractivity contribution >= 4 is 29.0 Å². The van der Waals surface area contributed by atoms with Gasteiger partial charge in [-0.25, -0.2) is 0 Å². The smallest absolute Gasteiger partial charge is 0.176 e. The maximum Gasteiger partial charge on any atom is 0.176 e. The quantitative estimate of drug-likeness (QED) is 0.756. The van der Waals surface area contributed by atoms with Gasteiger partial charge in [0, 0.05) is 12.1 Å². The van der Waals surface area contributed by atoms with Crippen LogP contribution in [0.4, 0.5) is 0 Å². The molecule has 1 aliphatic rings. The largest absolute Gasteiger partial charge is 0.299 e. The summed E-state index contributed by atoms with van der Waals surface area (Å²) in [6.07, 6.45) is 5.26. The van der Waals surface area contributed by atoms with E-state index in [9.17, 15) is 4.79 Å². The predicted molar refractivity (Wildman–Crippen MR) is 80.2 cm³/mol. The molecule has 1 aromatic carbocycles. The Labute approximate surface area is 124 Å². The number of hydrogen-bond donors (Lipinski definition) is 0. The minimum absolute atomic E-state index is 0.0964. The standard InChI is InChI=1S/C15H19Cl2NO/c1-18(9-11-4-2-3-5-11)10-15(19)12-6-7-13(16)14(17)8-12/h6-8,11H,2-5,9-10H2,1H3. The van der Waals surface area contributed by atoms with E-state index in [-0.39, 0.29) is 5.78 Å². The molecule has 19 heavy (non-hydrogen) atoms. The molecule has 1 fully saturated rings. The topological polar surface area (TPSA) is 20.3 Å². The van der Waals surface area contributed by atoms with Crippen LogP contribution >= 0.6 is 23.2 Å². The minimum Gasteiger partial charge on any atom is -0.299 e. The third-order valence-electron chi connectivity index (χ3n) is 3.70. The fourth-order valence-corrected chi connectivity index (χ4v) is 3.00. The highest BCUT2D eigenvalue weighted by Crippen LogP contribution is 2.25. The summed E-state index contributed by atoms with van der Waals surface area (Å²) in [7, 11) is 2.01. The predicted octanol–water partition coefficient (Wildman–Crippen LogP) is 4.30. The van der Waals surface area contributed by atoms with Gasteiger partial charge in [0.15, 0.2) is 5.78 Å². The Bertz CT molecular complexity index is 455. The summed E-state index contributed by atoms with van der Waals surface area (Å²) in [5.41, 5.74) is 0.632. The van der Waals surface area contributed by atoms with E-state index in [1.165, 1.54) is 25.7 Å². The molecule has 0 spiro atoms. The molecule has 0 radical (unpaired) electrons. The van der Waals surface area contributed by atoms with Crippen LogP contribution in [0.25, 0.3) is 0 Å². The molecule has 0 heterocycles. The number of halogens is 2. The molecule has 0 unspecified atom stereocenters. The van der Waals surface area contributed by atoms with E-state index in [1.807, 2.05) is 7.05 Å². The van der Waals surface area contributed by atoms with E-state index in [1.54, 1.807) is 18.2 Å². The van der Waals surface area contributed by atoms with Crippen molar-refractivity contribution < 1.29 is 4.79 Å². The summed E-state index contributed by atoms with van der Waals surface area (Å²) >= 11 is 11.8. The second kappa shape index (κ2) is 6.74. The Morgan fingerprint density at radius 2 is 1.95 bits per heavy atom. The Hall–Kier alpha value is -0.570. The summed E-state index contributed by atoms with van der Waals surface area (Å²) in [5, 5.41) is 0.920. The van der Waals surface area contributed by atoms with Crippen molar-refractivity contribution in [2.45, 2.75) is 25.7 Å². The maximum absolute atomic E-state index is 12.1. The van der Waals surface area contributed by atoms with Gasteiger partial charge in [0.25, 0.3) is 0 Å². The number of nitrogens with zero attached hydrogens (tertiary/aromatic N) is 1. The van der Waals surface area contributed by atoms with E-state index < -0.39 is 0 Å². The first-order valence-corrected chi connectivity index (χ1v) is 7.48. The lowest BCUT2D eigenvalue weighted by Gasteiger charge is -2.20. The Kier molecular flexibility index (Phi) is 5.26. The van der Waals surface area contributed by atoms with Crippen molar-refractivity contribution in [3.63, 3.8) is 0 Å². The molecule has 1 saturated carbocycles. The maximum atomic E-state index is 12.1. The molecule has 0 N–H and O–H groups in total.